The Bertz CT molecular complexity index is 697. The molecule has 4 atom stereocenters. The Morgan fingerprint density at radius 1 is 1.36 bits per heavy atom. The highest BCUT2D eigenvalue weighted by atomic mass is 16.5. The zero-order chi connectivity index (χ0) is 15.1. The van der Waals surface area contributed by atoms with Crippen molar-refractivity contribution in [1.29, 1.82) is 0 Å². The molecule has 22 heavy (non-hydrogen) atoms. The number of aromatic hydroxyl groups is 1. The van der Waals surface area contributed by atoms with E-state index in [1.54, 1.807) is 7.11 Å². The van der Waals surface area contributed by atoms with Gasteiger partial charge in [0, 0.05) is 29.0 Å². The number of phenolic OH excluding ortho intramolecular Hbond substituents is 1. The van der Waals surface area contributed by atoms with E-state index < -0.39 is 0 Å². The number of hydrogen-bond donors (Lipinski definition) is 1. The van der Waals surface area contributed by atoms with E-state index in [0.29, 0.717) is 28.9 Å². The first-order valence-corrected chi connectivity index (χ1v) is 8.39. The van der Waals surface area contributed by atoms with E-state index in [-0.39, 0.29) is 5.41 Å². The van der Waals surface area contributed by atoms with Crippen LogP contribution in [0.1, 0.15) is 30.4 Å². The molecule has 0 aromatic heterocycles. The summed E-state index contributed by atoms with van der Waals surface area (Å²) in [6, 6.07) is 4.74. The summed E-state index contributed by atoms with van der Waals surface area (Å²) in [5, 5.41) is 10.9. The van der Waals surface area contributed by atoms with Crippen molar-refractivity contribution in [3.8, 4) is 11.5 Å². The van der Waals surface area contributed by atoms with Crippen LogP contribution in [-0.4, -0.2) is 36.8 Å². The number of methoxy groups -OCH3 is 1. The predicted octanol–water partition coefficient (Wildman–Crippen LogP) is 2.87. The number of rotatable bonds is 1. The number of likely N-dealkylation sites (N-methyl/N-ethyl adjacent to an activating group) is 1. The minimum atomic E-state index is 0.158. The van der Waals surface area contributed by atoms with Crippen LogP contribution < -0.4 is 4.74 Å². The van der Waals surface area contributed by atoms with Crippen LogP contribution in [0.5, 0.6) is 11.5 Å². The lowest BCUT2D eigenvalue weighted by Gasteiger charge is -2.62. The summed E-state index contributed by atoms with van der Waals surface area (Å²) in [6.07, 6.45) is 9.43. The van der Waals surface area contributed by atoms with Crippen LogP contribution in [0, 0.1) is 11.3 Å². The van der Waals surface area contributed by atoms with Gasteiger partial charge < -0.3 is 14.7 Å². The highest BCUT2D eigenvalue weighted by molar-refractivity contribution is 5.59. The standard InChI is InChI=1S/C19H23NO2/c1-20-11-18-7-3-4-8-19(10-18)15-12(9-13(20)17(18)19)5-6-14(22-2)16(15)21/h3,5-7,13,17,21H,4,8-11H2,1-2H3. The monoisotopic (exact) mass is 297 g/mol. The molecule has 0 amide bonds. The van der Waals surface area contributed by atoms with Gasteiger partial charge in [-0.1, -0.05) is 18.2 Å². The Balaban J connectivity index is 1.76. The predicted molar refractivity (Wildman–Crippen MR) is 85.4 cm³/mol. The van der Waals surface area contributed by atoms with Gasteiger partial charge in [0.1, 0.15) is 0 Å². The van der Waals surface area contributed by atoms with Crippen molar-refractivity contribution in [3.05, 3.63) is 35.4 Å². The maximum absolute atomic E-state index is 10.9. The topological polar surface area (TPSA) is 32.7 Å². The molecule has 4 aliphatic rings. The molecule has 1 N–H and O–H groups in total. The van der Waals surface area contributed by atoms with Crippen molar-refractivity contribution in [3.63, 3.8) is 0 Å². The van der Waals surface area contributed by atoms with Crippen molar-refractivity contribution < 1.29 is 9.84 Å². The van der Waals surface area contributed by atoms with Gasteiger partial charge in [0.15, 0.2) is 11.5 Å². The molecule has 1 heterocycles. The normalized spacial score (nSPS) is 41.4. The maximum atomic E-state index is 10.9. The third kappa shape index (κ3) is 1.25. The van der Waals surface area contributed by atoms with Gasteiger partial charge in [-0.15, -0.1) is 0 Å². The molecule has 3 aliphatic carbocycles. The molecule has 2 bridgehead atoms. The SMILES string of the molecule is COc1ccc2c(c1O)C13CCC=CC4(CN(C)C(C2)C41)C3. The zero-order valence-electron chi connectivity index (χ0n) is 13.3. The van der Waals surface area contributed by atoms with Gasteiger partial charge in [0.25, 0.3) is 0 Å². The van der Waals surface area contributed by atoms with Crippen LogP contribution in [-0.2, 0) is 11.8 Å². The third-order valence-corrected chi connectivity index (χ3v) is 6.93. The largest absolute Gasteiger partial charge is 0.504 e. The average molecular weight is 297 g/mol. The molecule has 5 rings (SSSR count). The molecular weight excluding hydrogens is 274 g/mol. The van der Waals surface area contributed by atoms with Gasteiger partial charge in [-0.25, -0.2) is 0 Å². The van der Waals surface area contributed by atoms with E-state index in [1.807, 2.05) is 6.07 Å². The fourth-order valence-corrected chi connectivity index (χ4v) is 6.46. The molecule has 3 heteroatoms. The first-order valence-electron chi connectivity index (χ1n) is 8.39. The Kier molecular flexibility index (Phi) is 2.30. The Labute approximate surface area is 131 Å². The lowest BCUT2D eigenvalue weighted by molar-refractivity contribution is -0.0211. The van der Waals surface area contributed by atoms with Crippen LogP contribution >= 0.6 is 0 Å². The van der Waals surface area contributed by atoms with E-state index in [0.717, 1.165) is 19.3 Å². The van der Waals surface area contributed by atoms with Crippen molar-refractivity contribution in [1.82, 2.24) is 4.90 Å². The number of fused-ring (bicyclic) bond motifs is 1. The van der Waals surface area contributed by atoms with E-state index in [4.69, 9.17) is 4.74 Å². The molecular formula is C19H23NO2. The van der Waals surface area contributed by atoms with E-state index in [2.05, 4.69) is 30.2 Å². The van der Waals surface area contributed by atoms with E-state index in [9.17, 15) is 5.11 Å². The Morgan fingerprint density at radius 3 is 3.05 bits per heavy atom. The Hall–Kier alpha value is -1.48. The molecule has 0 spiro atoms. The number of likely N-dealkylation sites (tertiary alicyclic amines) is 1. The van der Waals surface area contributed by atoms with Crippen LogP contribution in [0.15, 0.2) is 24.3 Å². The highest BCUT2D eigenvalue weighted by Gasteiger charge is 2.71. The van der Waals surface area contributed by atoms with Crippen LogP contribution in [0.4, 0.5) is 0 Å². The van der Waals surface area contributed by atoms with Crippen molar-refractivity contribution in [2.45, 2.75) is 37.1 Å². The fourth-order valence-electron chi connectivity index (χ4n) is 6.46. The fraction of sp³-hybridized carbons (Fsp3) is 0.579. The summed E-state index contributed by atoms with van der Waals surface area (Å²) in [7, 11) is 3.92. The highest BCUT2D eigenvalue weighted by Crippen LogP contribution is 2.73. The average Bonchev–Trinajstić information content (AvgIpc) is 2.62. The van der Waals surface area contributed by atoms with Gasteiger partial charge in [-0.2, -0.15) is 0 Å². The number of nitrogens with zero attached hydrogens (tertiary/aromatic N) is 1. The minimum absolute atomic E-state index is 0.158. The molecule has 116 valence electrons. The molecule has 1 saturated carbocycles. The number of ether oxygens (including phenoxy) is 1. The van der Waals surface area contributed by atoms with Gasteiger partial charge >= 0.3 is 0 Å². The molecule has 1 aromatic rings. The van der Waals surface area contributed by atoms with Gasteiger partial charge in [-0.3, -0.25) is 0 Å². The van der Waals surface area contributed by atoms with E-state index in [1.165, 1.54) is 24.1 Å². The number of phenols is 1. The smallest absolute Gasteiger partial charge is 0.161 e. The van der Waals surface area contributed by atoms with E-state index >= 15 is 0 Å². The van der Waals surface area contributed by atoms with Gasteiger partial charge in [0.05, 0.1) is 7.11 Å². The molecule has 0 radical (unpaired) electrons. The lowest BCUT2D eigenvalue weighted by atomic mass is 9.40. The van der Waals surface area contributed by atoms with Crippen LogP contribution in [0.3, 0.4) is 0 Å². The van der Waals surface area contributed by atoms with Crippen molar-refractivity contribution >= 4 is 0 Å². The molecule has 2 fully saturated rings. The van der Waals surface area contributed by atoms with Crippen molar-refractivity contribution in [2.75, 3.05) is 20.7 Å². The van der Waals surface area contributed by atoms with Gasteiger partial charge in [-0.05, 0) is 50.3 Å². The maximum Gasteiger partial charge on any atom is 0.161 e. The number of benzene rings is 1. The first kappa shape index (κ1) is 13.0. The second-order valence-corrected chi connectivity index (χ2v) is 7.82. The second-order valence-electron chi connectivity index (χ2n) is 7.82. The van der Waals surface area contributed by atoms with Crippen molar-refractivity contribution in [2.24, 2.45) is 11.3 Å². The Morgan fingerprint density at radius 2 is 2.23 bits per heavy atom. The third-order valence-electron chi connectivity index (χ3n) is 6.93. The molecule has 1 aromatic carbocycles. The zero-order valence-corrected chi connectivity index (χ0v) is 13.3. The summed E-state index contributed by atoms with van der Waals surface area (Å²) in [5.74, 6) is 1.70. The molecule has 4 unspecified atom stereocenters. The van der Waals surface area contributed by atoms with Crippen LogP contribution in [0.2, 0.25) is 0 Å². The summed E-state index contributed by atoms with van der Waals surface area (Å²) < 4.78 is 5.40. The second kappa shape index (κ2) is 3.88. The molecule has 1 saturated heterocycles. The summed E-state index contributed by atoms with van der Waals surface area (Å²) >= 11 is 0. The number of hydrogen-bond acceptors (Lipinski definition) is 3. The molecule has 3 nitrogen and oxygen atoms in total. The van der Waals surface area contributed by atoms with Crippen LogP contribution in [0.25, 0.3) is 0 Å². The number of allylic oxidation sites excluding steroid dienone is 1. The summed E-state index contributed by atoms with van der Waals surface area (Å²) in [6.45, 7) is 1.17. The summed E-state index contributed by atoms with van der Waals surface area (Å²) in [4.78, 5) is 2.56. The summed E-state index contributed by atoms with van der Waals surface area (Å²) in [5.41, 5.74) is 3.06. The molecule has 1 aliphatic heterocycles. The lowest BCUT2D eigenvalue weighted by Crippen LogP contribution is -2.61. The quantitative estimate of drug-likeness (QED) is 0.809. The first-order chi connectivity index (χ1) is 10.6. The minimum Gasteiger partial charge on any atom is -0.504 e. The van der Waals surface area contributed by atoms with Gasteiger partial charge in [0.2, 0.25) is 0 Å².